The maximum atomic E-state index is 3.94. The first kappa shape index (κ1) is 6.76. The molecule has 0 radical (unpaired) electrons. The number of tetrazole rings is 1. The molecule has 1 aliphatic heterocycles. The van der Waals surface area contributed by atoms with Gasteiger partial charge in [0.05, 0.1) is 6.04 Å². The fourth-order valence-corrected chi connectivity index (χ4v) is 1.53. The number of rotatable bonds is 0. The Morgan fingerprint density at radius 2 is 2.27 bits per heavy atom. The Hall–Kier alpha value is -0.930. The van der Waals surface area contributed by atoms with E-state index in [-0.39, 0.29) is 0 Å². The second-order valence-electron chi connectivity index (χ2n) is 3.30. The van der Waals surface area contributed by atoms with E-state index in [1.54, 1.807) is 0 Å². The Morgan fingerprint density at radius 1 is 1.45 bits per heavy atom. The molecule has 0 aromatic carbocycles. The van der Waals surface area contributed by atoms with Crippen LogP contribution >= 0.6 is 0 Å². The number of nitrogens with zero attached hydrogens (tertiary/aromatic N) is 4. The summed E-state index contributed by atoms with van der Waals surface area (Å²) < 4.78 is 1.94. The lowest BCUT2D eigenvalue weighted by Gasteiger charge is -2.25. The van der Waals surface area contributed by atoms with Crippen molar-refractivity contribution in [1.29, 1.82) is 0 Å². The molecule has 11 heavy (non-hydrogen) atoms. The van der Waals surface area contributed by atoms with Gasteiger partial charge in [-0.3, -0.25) is 0 Å². The van der Waals surface area contributed by atoms with Gasteiger partial charge in [-0.2, -0.15) is 0 Å². The standard InChI is InChI=1S/C7H12N4/c1-5-3-4-7-8-9-10-11(7)6(5)2/h5-6H,3-4H2,1-2H3/t5-,6-/m0/s1. The number of hydrogen-bond acceptors (Lipinski definition) is 3. The van der Waals surface area contributed by atoms with Crippen molar-refractivity contribution in [2.45, 2.75) is 32.7 Å². The van der Waals surface area contributed by atoms with E-state index in [2.05, 4.69) is 29.4 Å². The molecule has 1 aromatic rings. The van der Waals surface area contributed by atoms with Gasteiger partial charge in [0.25, 0.3) is 0 Å². The van der Waals surface area contributed by atoms with Crippen molar-refractivity contribution in [3.05, 3.63) is 5.82 Å². The molecule has 0 spiro atoms. The monoisotopic (exact) mass is 152 g/mol. The molecule has 0 fully saturated rings. The van der Waals surface area contributed by atoms with Gasteiger partial charge in [-0.15, -0.1) is 5.10 Å². The molecular formula is C7H12N4. The van der Waals surface area contributed by atoms with Crippen LogP contribution in [0.3, 0.4) is 0 Å². The Labute approximate surface area is 65.6 Å². The van der Waals surface area contributed by atoms with E-state index in [0.717, 1.165) is 12.2 Å². The molecule has 1 aromatic heterocycles. The maximum Gasteiger partial charge on any atom is 0.151 e. The van der Waals surface area contributed by atoms with E-state index < -0.39 is 0 Å². The summed E-state index contributed by atoms with van der Waals surface area (Å²) in [5, 5.41) is 11.5. The zero-order valence-corrected chi connectivity index (χ0v) is 6.86. The smallest absolute Gasteiger partial charge is 0.151 e. The third-order valence-electron chi connectivity index (χ3n) is 2.59. The topological polar surface area (TPSA) is 43.6 Å². The molecule has 1 aliphatic rings. The highest BCUT2D eigenvalue weighted by Crippen LogP contribution is 2.26. The van der Waals surface area contributed by atoms with E-state index in [1.807, 2.05) is 4.68 Å². The van der Waals surface area contributed by atoms with Gasteiger partial charge in [-0.1, -0.05) is 6.92 Å². The minimum atomic E-state index is 0.466. The fourth-order valence-electron chi connectivity index (χ4n) is 1.53. The van der Waals surface area contributed by atoms with Crippen LogP contribution < -0.4 is 0 Å². The van der Waals surface area contributed by atoms with Crippen LogP contribution in [-0.4, -0.2) is 20.2 Å². The van der Waals surface area contributed by atoms with Crippen molar-refractivity contribution >= 4 is 0 Å². The van der Waals surface area contributed by atoms with Gasteiger partial charge in [-0.05, 0) is 29.7 Å². The van der Waals surface area contributed by atoms with E-state index in [1.165, 1.54) is 6.42 Å². The summed E-state index contributed by atoms with van der Waals surface area (Å²) >= 11 is 0. The Kier molecular flexibility index (Phi) is 1.41. The second kappa shape index (κ2) is 2.29. The average Bonchev–Trinajstić information content (AvgIpc) is 2.45. The molecule has 0 N–H and O–H groups in total. The molecule has 2 heterocycles. The largest absolute Gasteiger partial charge is 0.227 e. The summed E-state index contributed by atoms with van der Waals surface area (Å²) in [4.78, 5) is 0. The fraction of sp³-hybridized carbons (Fsp3) is 0.857. The molecule has 0 saturated carbocycles. The minimum Gasteiger partial charge on any atom is -0.227 e. The molecule has 2 atom stereocenters. The highest BCUT2D eigenvalue weighted by molar-refractivity contribution is 4.90. The molecule has 0 amide bonds. The molecule has 60 valence electrons. The van der Waals surface area contributed by atoms with Crippen LogP contribution in [0.1, 0.15) is 32.1 Å². The second-order valence-corrected chi connectivity index (χ2v) is 3.30. The molecule has 0 aliphatic carbocycles. The maximum absolute atomic E-state index is 3.94. The Balaban J connectivity index is 2.38. The first-order chi connectivity index (χ1) is 5.29. The van der Waals surface area contributed by atoms with E-state index in [9.17, 15) is 0 Å². The van der Waals surface area contributed by atoms with Crippen molar-refractivity contribution in [2.75, 3.05) is 0 Å². The van der Waals surface area contributed by atoms with Crippen molar-refractivity contribution < 1.29 is 0 Å². The quantitative estimate of drug-likeness (QED) is 0.552. The van der Waals surface area contributed by atoms with Crippen LogP contribution in [0, 0.1) is 5.92 Å². The molecule has 0 saturated heterocycles. The summed E-state index contributed by atoms with van der Waals surface area (Å²) in [6, 6.07) is 0.466. The Morgan fingerprint density at radius 3 is 3.09 bits per heavy atom. The van der Waals surface area contributed by atoms with Crippen molar-refractivity contribution in [3.8, 4) is 0 Å². The van der Waals surface area contributed by atoms with Gasteiger partial charge in [0.1, 0.15) is 0 Å². The van der Waals surface area contributed by atoms with Gasteiger partial charge >= 0.3 is 0 Å². The highest BCUT2D eigenvalue weighted by Gasteiger charge is 2.24. The first-order valence-corrected chi connectivity index (χ1v) is 4.06. The minimum absolute atomic E-state index is 0.466. The number of aryl methyl sites for hydroxylation is 1. The molecule has 4 nitrogen and oxygen atoms in total. The molecule has 0 unspecified atom stereocenters. The zero-order valence-electron chi connectivity index (χ0n) is 6.86. The third kappa shape index (κ3) is 0.931. The van der Waals surface area contributed by atoms with Crippen LogP contribution in [0.25, 0.3) is 0 Å². The number of fused-ring (bicyclic) bond motifs is 1. The van der Waals surface area contributed by atoms with Gasteiger partial charge < -0.3 is 0 Å². The van der Waals surface area contributed by atoms with Gasteiger partial charge in [0.2, 0.25) is 0 Å². The summed E-state index contributed by atoms with van der Waals surface area (Å²) in [6.45, 7) is 4.42. The van der Waals surface area contributed by atoms with Crippen LogP contribution in [0.4, 0.5) is 0 Å². The lowest BCUT2D eigenvalue weighted by atomic mass is 9.94. The van der Waals surface area contributed by atoms with Crippen LogP contribution in [0.15, 0.2) is 0 Å². The number of hydrogen-bond donors (Lipinski definition) is 0. The van der Waals surface area contributed by atoms with E-state index in [0.29, 0.717) is 12.0 Å². The Bertz CT molecular complexity index is 255. The van der Waals surface area contributed by atoms with Crippen LogP contribution in [0.5, 0.6) is 0 Å². The summed E-state index contributed by atoms with van der Waals surface area (Å²) in [6.07, 6.45) is 2.24. The summed E-state index contributed by atoms with van der Waals surface area (Å²) in [5.41, 5.74) is 0. The van der Waals surface area contributed by atoms with Crippen molar-refractivity contribution in [2.24, 2.45) is 5.92 Å². The number of aromatic nitrogens is 4. The molecular weight excluding hydrogens is 140 g/mol. The van der Waals surface area contributed by atoms with E-state index >= 15 is 0 Å². The highest BCUT2D eigenvalue weighted by atomic mass is 15.6. The summed E-state index contributed by atoms with van der Waals surface area (Å²) in [7, 11) is 0. The van der Waals surface area contributed by atoms with Crippen LogP contribution in [0.2, 0.25) is 0 Å². The zero-order chi connectivity index (χ0) is 7.84. The first-order valence-electron chi connectivity index (χ1n) is 4.06. The van der Waals surface area contributed by atoms with Gasteiger partial charge in [-0.25, -0.2) is 4.68 Å². The SMILES string of the molecule is C[C@H]1CCc2nnnn2[C@H]1C. The third-order valence-corrected chi connectivity index (χ3v) is 2.59. The molecule has 0 bridgehead atoms. The summed E-state index contributed by atoms with van der Waals surface area (Å²) in [5.74, 6) is 1.74. The van der Waals surface area contributed by atoms with Crippen molar-refractivity contribution in [3.63, 3.8) is 0 Å². The average molecular weight is 152 g/mol. The predicted molar refractivity (Wildman–Crippen MR) is 40.0 cm³/mol. The van der Waals surface area contributed by atoms with Gasteiger partial charge in [0, 0.05) is 6.42 Å². The molecule has 4 heteroatoms. The van der Waals surface area contributed by atoms with Crippen LogP contribution in [-0.2, 0) is 6.42 Å². The van der Waals surface area contributed by atoms with E-state index in [4.69, 9.17) is 0 Å². The molecule has 2 rings (SSSR count). The lowest BCUT2D eigenvalue weighted by Crippen LogP contribution is -2.23. The van der Waals surface area contributed by atoms with Gasteiger partial charge in [0.15, 0.2) is 5.82 Å². The lowest BCUT2D eigenvalue weighted by molar-refractivity contribution is 0.285. The normalized spacial score (nSPS) is 30.0. The van der Waals surface area contributed by atoms with Crippen molar-refractivity contribution in [1.82, 2.24) is 20.2 Å². The predicted octanol–water partition coefficient (Wildman–Crippen LogP) is 0.816.